The van der Waals surface area contributed by atoms with Gasteiger partial charge in [0.15, 0.2) is 0 Å². The lowest BCUT2D eigenvalue weighted by atomic mass is 10.2. The quantitative estimate of drug-likeness (QED) is 0.361. The molecule has 2 unspecified atom stereocenters. The monoisotopic (exact) mass is 323 g/mol. The van der Waals surface area contributed by atoms with Gasteiger partial charge in [-0.25, -0.2) is 8.98 Å². The molecule has 0 spiro atoms. The molecule has 0 N–H and O–H groups in total. The second-order valence-electron chi connectivity index (χ2n) is 4.89. The van der Waals surface area contributed by atoms with E-state index in [-0.39, 0.29) is 11.6 Å². The van der Waals surface area contributed by atoms with Gasteiger partial charge in [-0.3, -0.25) is 9.08 Å². The largest absolute Gasteiger partial charge is 0.429 e. The second-order valence-corrected chi connectivity index (χ2v) is 6.23. The van der Waals surface area contributed by atoms with Crippen LogP contribution in [0.25, 0.3) is 0 Å². The van der Waals surface area contributed by atoms with Crippen LogP contribution in [0.1, 0.15) is 34.6 Å². The van der Waals surface area contributed by atoms with Crippen molar-refractivity contribution in [3.8, 4) is 0 Å². The van der Waals surface area contributed by atoms with Gasteiger partial charge >= 0.3 is 16.4 Å². The Morgan fingerprint density at radius 1 is 1.29 bits per heavy atom. The maximum absolute atomic E-state index is 11.7. The molecule has 0 aromatic heterocycles. The molecule has 0 rings (SSSR count). The fourth-order valence-electron chi connectivity index (χ4n) is 1.84. The van der Waals surface area contributed by atoms with Crippen molar-refractivity contribution in [2.75, 3.05) is 13.7 Å². The van der Waals surface area contributed by atoms with Crippen molar-refractivity contribution in [3.05, 3.63) is 12.2 Å². The fraction of sp³-hybridized carbons (Fsp3) is 0.769. The first-order chi connectivity index (χ1) is 9.55. The Labute approximate surface area is 127 Å². The lowest BCUT2D eigenvalue weighted by Crippen LogP contribution is -2.48. The van der Waals surface area contributed by atoms with Crippen LogP contribution in [0.2, 0.25) is 0 Å². The van der Waals surface area contributed by atoms with Crippen LogP contribution in [0, 0.1) is 0 Å². The maximum Gasteiger partial charge on any atom is 0.402 e. The molecule has 0 bridgehead atoms. The van der Waals surface area contributed by atoms with Gasteiger partial charge in [0.1, 0.15) is 0 Å². The van der Waals surface area contributed by atoms with Crippen LogP contribution in [-0.4, -0.2) is 51.3 Å². The van der Waals surface area contributed by atoms with Gasteiger partial charge in [0.05, 0.1) is 13.2 Å². The van der Waals surface area contributed by atoms with E-state index in [2.05, 4.69) is 10.8 Å². The predicted octanol–water partition coefficient (Wildman–Crippen LogP) is 1.46. The van der Waals surface area contributed by atoms with Gasteiger partial charge in [-0.2, -0.15) is 8.42 Å². The van der Waals surface area contributed by atoms with E-state index in [1.807, 2.05) is 25.7 Å². The summed E-state index contributed by atoms with van der Waals surface area (Å²) in [5, 5.41) is 0. The molecule has 0 aliphatic rings. The molecule has 21 heavy (non-hydrogen) atoms. The first-order valence-corrected chi connectivity index (χ1v) is 8.00. The van der Waals surface area contributed by atoms with Crippen molar-refractivity contribution in [3.63, 3.8) is 0 Å². The van der Waals surface area contributed by atoms with Crippen molar-refractivity contribution >= 4 is 16.4 Å². The Kier molecular flexibility index (Phi) is 8.09. The summed E-state index contributed by atoms with van der Waals surface area (Å²) in [4.78, 5) is 13.6. The molecule has 0 aromatic rings. The number of hydrogen-bond acceptors (Lipinski definition) is 7. The van der Waals surface area contributed by atoms with Crippen LogP contribution in [-0.2, 0) is 28.3 Å². The average molecular weight is 323 g/mol. The zero-order valence-corrected chi connectivity index (χ0v) is 14.3. The van der Waals surface area contributed by atoms with Crippen molar-refractivity contribution < 1.29 is 26.3 Å². The summed E-state index contributed by atoms with van der Waals surface area (Å²) in [5.74, 6) is -0.724. The minimum absolute atomic E-state index is 0.116. The first-order valence-electron chi connectivity index (χ1n) is 6.66. The van der Waals surface area contributed by atoms with E-state index in [9.17, 15) is 13.2 Å². The van der Waals surface area contributed by atoms with Gasteiger partial charge in [0.2, 0.25) is 6.29 Å². The third-order valence-electron chi connectivity index (χ3n) is 2.93. The molecule has 7 nitrogen and oxygen atoms in total. The summed E-state index contributed by atoms with van der Waals surface area (Å²) in [6.07, 6.45) is -1.32. The van der Waals surface area contributed by atoms with Gasteiger partial charge in [0.25, 0.3) is 0 Å². The van der Waals surface area contributed by atoms with E-state index in [4.69, 9.17) is 8.92 Å². The van der Waals surface area contributed by atoms with Crippen LogP contribution in [0.3, 0.4) is 0 Å². The van der Waals surface area contributed by atoms with Gasteiger partial charge in [-0.1, -0.05) is 13.5 Å². The topological polar surface area (TPSA) is 82.1 Å². The molecule has 0 aliphatic carbocycles. The Hall–Kier alpha value is -0.960. The van der Waals surface area contributed by atoms with Crippen molar-refractivity contribution in [2.45, 2.75) is 53.0 Å². The smallest absolute Gasteiger partial charge is 0.402 e. The van der Waals surface area contributed by atoms with Crippen LogP contribution in [0.5, 0.6) is 0 Å². The molecule has 0 radical (unpaired) electrons. The number of carbonyl (C=O) groups excluding carboxylic acids is 1. The molecule has 0 aliphatic heterocycles. The molecular weight excluding hydrogens is 298 g/mol. The number of hydrogen-bond donors (Lipinski definition) is 0. The van der Waals surface area contributed by atoms with E-state index in [0.717, 1.165) is 7.11 Å². The number of nitrogens with zero attached hydrogens (tertiary/aromatic N) is 1. The van der Waals surface area contributed by atoms with E-state index >= 15 is 0 Å². The SMILES string of the molecule is C=C(C)C(=O)OC(OS(=O)(=O)OC)C(C)N(CC)C(C)C. The van der Waals surface area contributed by atoms with Crippen molar-refractivity contribution in [1.82, 2.24) is 4.90 Å². The molecule has 2 atom stereocenters. The molecular formula is C13H25NO6S. The highest BCUT2D eigenvalue weighted by atomic mass is 32.3. The minimum atomic E-state index is -4.24. The van der Waals surface area contributed by atoms with Gasteiger partial charge in [0, 0.05) is 11.6 Å². The number of rotatable bonds is 9. The van der Waals surface area contributed by atoms with Gasteiger partial charge in [-0.15, -0.1) is 0 Å². The number of likely N-dealkylation sites (N-methyl/N-ethyl adjacent to an activating group) is 1. The Bertz CT molecular complexity index is 459. The van der Waals surface area contributed by atoms with Gasteiger partial charge in [-0.05, 0) is 34.2 Å². The zero-order valence-electron chi connectivity index (χ0n) is 13.5. The molecule has 0 amide bonds. The van der Waals surface area contributed by atoms with Crippen LogP contribution >= 0.6 is 0 Å². The minimum Gasteiger partial charge on any atom is -0.429 e. The van der Waals surface area contributed by atoms with E-state index in [1.165, 1.54) is 6.92 Å². The predicted molar refractivity (Wildman–Crippen MR) is 78.7 cm³/mol. The number of esters is 1. The molecule has 124 valence electrons. The van der Waals surface area contributed by atoms with Crippen LogP contribution in [0.4, 0.5) is 0 Å². The fourth-order valence-corrected chi connectivity index (χ4v) is 2.35. The van der Waals surface area contributed by atoms with E-state index < -0.39 is 28.7 Å². The van der Waals surface area contributed by atoms with E-state index in [0.29, 0.717) is 6.54 Å². The molecule has 0 saturated carbocycles. The summed E-state index contributed by atoms with van der Waals surface area (Å²) >= 11 is 0. The van der Waals surface area contributed by atoms with Crippen LogP contribution in [0.15, 0.2) is 12.2 Å². The average Bonchev–Trinajstić information content (AvgIpc) is 2.37. The second kappa shape index (κ2) is 8.47. The zero-order chi connectivity index (χ0) is 16.8. The lowest BCUT2D eigenvalue weighted by molar-refractivity contribution is -0.169. The van der Waals surface area contributed by atoms with Crippen LogP contribution < -0.4 is 0 Å². The Morgan fingerprint density at radius 3 is 2.14 bits per heavy atom. The lowest BCUT2D eigenvalue weighted by Gasteiger charge is -2.35. The van der Waals surface area contributed by atoms with Crippen molar-refractivity contribution in [1.29, 1.82) is 0 Å². The highest BCUT2D eigenvalue weighted by Gasteiger charge is 2.33. The molecule has 8 heteroatoms. The van der Waals surface area contributed by atoms with Gasteiger partial charge < -0.3 is 4.74 Å². The summed E-state index contributed by atoms with van der Waals surface area (Å²) in [6, 6.07) is -0.367. The highest BCUT2D eigenvalue weighted by molar-refractivity contribution is 7.81. The molecule has 0 heterocycles. The first kappa shape index (κ1) is 20.0. The third kappa shape index (κ3) is 6.56. The normalized spacial score (nSPS) is 15.0. The Balaban J connectivity index is 5.28. The van der Waals surface area contributed by atoms with E-state index in [1.54, 1.807) is 6.92 Å². The third-order valence-corrected chi connectivity index (χ3v) is 3.77. The molecule has 0 fully saturated rings. The summed E-state index contributed by atoms with van der Waals surface area (Å²) in [7, 11) is -3.27. The summed E-state index contributed by atoms with van der Waals surface area (Å²) in [6.45, 7) is 13.1. The number of carbonyl (C=O) groups is 1. The number of ether oxygens (including phenoxy) is 1. The maximum atomic E-state index is 11.7. The summed E-state index contributed by atoms with van der Waals surface area (Å²) < 4.78 is 37.1. The standard InChI is InChI=1S/C13H25NO6S/c1-8-14(10(4)5)11(6)13(19-12(15)9(2)3)20-21(16,17)18-7/h10-11,13H,2,8H2,1,3-7H3. The highest BCUT2D eigenvalue weighted by Crippen LogP contribution is 2.16. The summed E-state index contributed by atoms with van der Waals surface area (Å²) in [5.41, 5.74) is 0.151. The molecule has 0 aromatic carbocycles. The molecule has 0 saturated heterocycles. The Morgan fingerprint density at radius 2 is 1.81 bits per heavy atom. The van der Waals surface area contributed by atoms with Crippen molar-refractivity contribution in [2.24, 2.45) is 0 Å².